The van der Waals surface area contributed by atoms with E-state index >= 15 is 0 Å². The van der Waals surface area contributed by atoms with Gasteiger partial charge in [-0.1, -0.05) is 0 Å². The molecule has 0 radical (unpaired) electrons. The van der Waals surface area contributed by atoms with Gasteiger partial charge in [-0.15, -0.1) is 0 Å². The van der Waals surface area contributed by atoms with Crippen LogP contribution >= 0.6 is 0 Å². The number of aliphatic hydroxyl groups is 1. The van der Waals surface area contributed by atoms with Crippen LogP contribution in [0.1, 0.15) is 36.3 Å². The molecule has 1 unspecified atom stereocenters. The summed E-state index contributed by atoms with van der Waals surface area (Å²) in [6.07, 6.45) is 2.35. The highest BCUT2D eigenvalue weighted by molar-refractivity contribution is 5.15. The highest BCUT2D eigenvalue weighted by atomic mass is 16.4. The minimum absolute atomic E-state index is 0.392. The van der Waals surface area contributed by atoms with E-state index < -0.39 is 6.10 Å². The van der Waals surface area contributed by atoms with Crippen LogP contribution in [0.4, 0.5) is 0 Å². The first-order valence-electron chi connectivity index (χ1n) is 3.91. The summed E-state index contributed by atoms with van der Waals surface area (Å²) in [5.74, 6) is 1.54. The van der Waals surface area contributed by atoms with E-state index in [2.05, 4.69) is 4.98 Å². The van der Waals surface area contributed by atoms with E-state index in [1.54, 1.807) is 0 Å². The second-order valence-corrected chi connectivity index (χ2v) is 2.95. The smallest absolute Gasteiger partial charge is 0.191 e. The summed E-state index contributed by atoms with van der Waals surface area (Å²) >= 11 is 0. The molecule has 1 aliphatic rings. The van der Waals surface area contributed by atoms with Crippen molar-refractivity contribution in [2.75, 3.05) is 0 Å². The second kappa shape index (κ2) is 2.34. The van der Waals surface area contributed by atoms with Crippen LogP contribution in [0.3, 0.4) is 0 Å². The maximum absolute atomic E-state index is 9.45. The fraction of sp³-hybridized carbons (Fsp3) is 0.625. The van der Waals surface area contributed by atoms with Crippen molar-refractivity contribution in [3.63, 3.8) is 0 Å². The minimum atomic E-state index is -0.392. The van der Waals surface area contributed by atoms with Gasteiger partial charge in [0.2, 0.25) is 0 Å². The summed E-state index contributed by atoms with van der Waals surface area (Å²) < 4.78 is 5.31. The molecule has 1 N–H and O–H groups in total. The van der Waals surface area contributed by atoms with Crippen LogP contribution in [0.2, 0.25) is 0 Å². The topological polar surface area (TPSA) is 46.3 Å². The molecular formula is C8H11NO2. The molecule has 1 atom stereocenters. The molecule has 1 heterocycles. The van der Waals surface area contributed by atoms with Crippen molar-refractivity contribution in [1.82, 2.24) is 4.98 Å². The number of aryl methyl sites for hydroxylation is 2. The number of hydrogen-bond acceptors (Lipinski definition) is 3. The van der Waals surface area contributed by atoms with Crippen molar-refractivity contribution in [3.8, 4) is 0 Å². The Hall–Kier alpha value is -0.830. The van der Waals surface area contributed by atoms with Crippen LogP contribution < -0.4 is 0 Å². The molecule has 11 heavy (non-hydrogen) atoms. The Labute approximate surface area is 65.1 Å². The first kappa shape index (κ1) is 6.85. The first-order valence-corrected chi connectivity index (χ1v) is 3.91. The molecule has 1 aromatic rings. The predicted octanol–water partition coefficient (Wildman–Crippen LogP) is 1.35. The summed E-state index contributed by atoms with van der Waals surface area (Å²) in [4.78, 5) is 4.12. The Morgan fingerprint density at radius 2 is 2.45 bits per heavy atom. The minimum Gasteiger partial charge on any atom is -0.446 e. The van der Waals surface area contributed by atoms with Gasteiger partial charge in [-0.05, 0) is 12.8 Å². The molecule has 1 aliphatic carbocycles. The Balaban J connectivity index is 2.43. The summed E-state index contributed by atoms with van der Waals surface area (Å²) in [6.45, 7) is 1.81. The maximum Gasteiger partial charge on any atom is 0.191 e. The van der Waals surface area contributed by atoms with E-state index in [-0.39, 0.29) is 0 Å². The van der Waals surface area contributed by atoms with Gasteiger partial charge in [0.05, 0.1) is 6.10 Å². The van der Waals surface area contributed by atoms with Crippen molar-refractivity contribution in [3.05, 3.63) is 17.3 Å². The van der Waals surface area contributed by atoms with Gasteiger partial charge in [0, 0.05) is 13.3 Å². The molecule has 0 spiro atoms. The maximum atomic E-state index is 9.45. The van der Waals surface area contributed by atoms with E-state index in [0.29, 0.717) is 5.89 Å². The number of fused-ring (bicyclic) bond motifs is 1. The Morgan fingerprint density at radius 1 is 1.64 bits per heavy atom. The number of hydrogen-bond donors (Lipinski definition) is 1. The van der Waals surface area contributed by atoms with Crippen molar-refractivity contribution >= 4 is 0 Å². The lowest BCUT2D eigenvalue weighted by Crippen LogP contribution is -2.07. The number of aromatic nitrogens is 1. The van der Waals surface area contributed by atoms with Gasteiger partial charge in [0.1, 0.15) is 11.5 Å². The monoisotopic (exact) mass is 153 g/mol. The van der Waals surface area contributed by atoms with E-state index in [1.165, 1.54) is 0 Å². The predicted molar refractivity (Wildman–Crippen MR) is 39.1 cm³/mol. The van der Waals surface area contributed by atoms with Crippen LogP contribution in [0, 0.1) is 6.92 Å². The molecule has 0 amide bonds. The zero-order chi connectivity index (χ0) is 7.84. The third kappa shape index (κ3) is 1.05. The van der Waals surface area contributed by atoms with Crippen molar-refractivity contribution in [1.29, 1.82) is 0 Å². The fourth-order valence-corrected chi connectivity index (χ4v) is 1.52. The lowest BCUT2D eigenvalue weighted by Gasteiger charge is -2.13. The summed E-state index contributed by atoms with van der Waals surface area (Å²) in [5, 5.41) is 9.45. The van der Waals surface area contributed by atoms with Gasteiger partial charge in [-0.2, -0.15) is 0 Å². The van der Waals surface area contributed by atoms with Gasteiger partial charge < -0.3 is 9.52 Å². The molecule has 0 fully saturated rings. The average Bonchev–Trinajstić information content (AvgIpc) is 2.31. The Kier molecular flexibility index (Phi) is 1.46. The Morgan fingerprint density at radius 3 is 3.18 bits per heavy atom. The lowest BCUT2D eigenvalue weighted by atomic mass is 10.00. The van der Waals surface area contributed by atoms with Crippen LogP contribution in [-0.2, 0) is 6.42 Å². The van der Waals surface area contributed by atoms with Crippen LogP contribution in [0.25, 0.3) is 0 Å². The quantitative estimate of drug-likeness (QED) is 0.612. The standard InChI is InChI=1S/C8H11NO2/c1-5-9-8-6(10)3-2-4-7(8)11-5/h6,10H,2-4H2,1H3. The SMILES string of the molecule is Cc1nc2c(o1)CCCC2O. The van der Waals surface area contributed by atoms with Crippen molar-refractivity contribution in [2.24, 2.45) is 0 Å². The largest absolute Gasteiger partial charge is 0.446 e. The van der Waals surface area contributed by atoms with Crippen LogP contribution in [-0.4, -0.2) is 10.1 Å². The summed E-state index contributed by atoms with van der Waals surface area (Å²) in [6, 6.07) is 0. The van der Waals surface area contributed by atoms with Gasteiger partial charge in [0.15, 0.2) is 5.89 Å². The third-order valence-corrected chi connectivity index (χ3v) is 2.03. The van der Waals surface area contributed by atoms with Crippen molar-refractivity contribution < 1.29 is 9.52 Å². The molecule has 0 aromatic carbocycles. The number of aliphatic hydroxyl groups excluding tert-OH is 1. The molecule has 60 valence electrons. The van der Waals surface area contributed by atoms with Gasteiger partial charge in [-0.25, -0.2) is 4.98 Å². The van der Waals surface area contributed by atoms with E-state index in [1.807, 2.05) is 6.92 Å². The molecule has 0 bridgehead atoms. The fourth-order valence-electron chi connectivity index (χ4n) is 1.52. The highest BCUT2D eigenvalue weighted by Crippen LogP contribution is 2.28. The van der Waals surface area contributed by atoms with E-state index in [9.17, 15) is 5.11 Å². The second-order valence-electron chi connectivity index (χ2n) is 2.95. The lowest BCUT2D eigenvalue weighted by molar-refractivity contribution is 0.149. The highest BCUT2D eigenvalue weighted by Gasteiger charge is 2.22. The number of rotatable bonds is 0. The van der Waals surface area contributed by atoms with E-state index in [0.717, 1.165) is 30.7 Å². The van der Waals surface area contributed by atoms with Crippen LogP contribution in [0.5, 0.6) is 0 Å². The molecule has 3 nitrogen and oxygen atoms in total. The zero-order valence-electron chi connectivity index (χ0n) is 6.50. The molecule has 0 saturated carbocycles. The van der Waals surface area contributed by atoms with Crippen LogP contribution in [0.15, 0.2) is 4.42 Å². The molecule has 3 heteroatoms. The molecular weight excluding hydrogens is 142 g/mol. The van der Waals surface area contributed by atoms with Gasteiger partial charge >= 0.3 is 0 Å². The van der Waals surface area contributed by atoms with Gasteiger partial charge in [0.25, 0.3) is 0 Å². The number of nitrogens with zero attached hydrogens (tertiary/aromatic N) is 1. The van der Waals surface area contributed by atoms with Gasteiger partial charge in [-0.3, -0.25) is 0 Å². The summed E-state index contributed by atoms with van der Waals surface area (Å²) in [7, 11) is 0. The number of oxazole rings is 1. The van der Waals surface area contributed by atoms with E-state index in [4.69, 9.17) is 4.42 Å². The molecule has 0 aliphatic heterocycles. The first-order chi connectivity index (χ1) is 5.27. The third-order valence-electron chi connectivity index (χ3n) is 2.03. The zero-order valence-corrected chi connectivity index (χ0v) is 6.50. The molecule has 2 rings (SSSR count). The normalized spacial score (nSPS) is 23.3. The Bertz CT molecular complexity index is 267. The average molecular weight is 153 g/mol. The summed E-state index contributed by atoms with van der Waals surface area (Å²) in [5.41, 5.74) is 0.758. The molecule has 1 aromatic heterocycles. The van der Waals surface area contributed by atoms with Crippen molar-refractivity contribution in [2.45, 2.75) is 32.3 Å². The molecule has 0 saturated heterocycles.